The van der Waals surface area contributed by atoms with E-state index in [0.29, 0.717) is 0 Å². The predicted molar refractivity (Wildman–Crippen MR) is 76.8 cm³/mol. The third kappa shape index (κ3) is 23.8. The van der Waals surface area contributed by atoms with Crippen molar-refractivity contribution in [1.29, 1.82) is 0 Å². The smallest absolute Gasteiger partial charge is 0.126 e. The lowest BCUT2D eigenvalue weighted by atomic mass is 10.6. The summed E-state index contributed by atoms with van der Waals surface area (Å²) in [6.45, 7) is 4.02. The van der Waals surface area contributed by atoms with E-state index in [9.17, 15) is 0 Å². The molecule has 0 aliphatic rings. The molecule has 14 heavy (non-hydrogen) atoms. The molecule has 0 amide bonds. The summed E-state index contributed by atoms with van der Waals surface area (Å²) in [5, 5.41) is 0. The maximum Gasteiger partial charge on any atom is 0.341 e. The summed E-state index contributed by atoms with van der Waals surface area (Å²) in [4.78, 5) is 0. The Morgan fingerprint density at radius 3 is 0.857 bits per heavy atom. The SMILES string of the molecule is CCC[Si](Cl)(Cl)Cl.CCC[Si](Cl)(Cl)Cl. The van der Waals surface area contributed by atoms with Crippen molar-refractivity contribution < 1.29 is 0 Å². The van der Waals surface area contributed by atoms with Gasteiger partial charge in [-0.3, -0.25) is 0 Å². The van der Waals surface area contributed by atoms with Crippen LogP contribution >= 0.6 is 66.5 Å². The fourth-order valence-electron chi connectivity index (χ4n) is 0.567. The van der Waals surface area contributed by atoms with Crippen molar-refractivity contribution in [2.24, 2.45) is 0 Å². The van der Waals surface area contributed by atoms with Crippen LogP contribution in [0.4, 0.5) is 0 Å². The van der Waals surface area contributed by atoms with Gasteiger partial charge in [-0.25, -0.2) is 0 Å². The molecule has 0 aliphatic carbocycles. The molecular formula is C6H14Cl6Si2. The highest BCUT2D eigenvalue weighted by molar-refractivity contribution is 7.65. The first-order valence-corrected chi connectivity index (χ1v) is 14.7. The summed E-state index contributed by atoms with van der Waals surface area (Å²) >= 11 is 33.0. The van der Waals surface area contributed by atoms with Crippen molar-refractivity contribution in [2.45, 2.75) is 38.8 Å². The van der Waals surface area contributed by atoms with E-state index in [4.69, 9.17) is 66.5 Å². The number of hydrogen-bond donors (Lipinski definition) is 0. The second-order valence-corrected chi connectivity index (χ2v) is 21.3. The summed E-state index contributed by atoms with van der Waals surface area (Å²) in [5.74, 6) is 0. The summed E-state index contributed by atoms with van der Waals surface area (Å²) < 4.78 is 0. The van der Waals surface area contributed by atoms with Crippen molar-refractivity contribution in [3.8, 4) is 0 Å². The zero-order valence-electron chi connectivity index (χ0n) is 8.10. The Morgan fingerprint density at radius 1 is 0.643 bits per heavy atom. The van der Waals surface area contributed by atoms with Crippen molar-refractivity contribution >= 4 is 78.5 Å². The van der Waals surface area contributed by atoms with Gasteiger partial charge in [0.05, 0.1) is 0 Å². The minimum absolute atomic E-state index is 0.775. The lowest BCUT2D eigenvalue weighted by Crippen LogP contribution is -2.06. The summed E-state index contributed by atoms with van der Waals surface area (Å²) in [6, 6.07) is -2.93. The van der Waals surface area contributed by atoms with Gasteiger partial charge in [-0.1, -0.05) is 26.7 Å². The van der Waals surface area contributed by atoms with E-state index in [1.807, 2.05) is 13.8 Å². The van der Waals surface area contributed by atoms with Crippen molar-refractivity contribution in [3.63, 3.8) is 0 Å². The Bertz CT molecular complexity index is 113. The second kappa shape index (κ2) is 9.23. The van der Waals surface area contributed by atoms with E-state index in [-0.39, 0.29) is 0 Å². The third-order valence-electron chi connectivity index (χ3n) is 1.07. The van der Waals surface area contributed by atoms with E-state index in [1.165, 1.54) is 0 Å². The van der Waals surface area contributed by atoms with E-state index < -0.39 is 12.0 Å². The summed E-state index contributed by atoms with van der Waals surface area (Å²) in [7, 11) is 0. The van der Waals surface area contributed by atoms with Crippen LogP contribution in [0.2, 0.25) is 12.1 Å². The first-order chi connectivity index (χ1) is 6.12. The first-order valence-electron chi connectivity index (χ1n) is 4.26. The van der Waals surface area contributed by atoms with Gasteiger partial charge in [0.1, 0.15) is 0 Å². The lowest BCUT2D eigenvalue weighted by Gasteiger charge is -2.01. The fourth-order valence-corrected chi connectivity index (χ4v) is 5.10. The molecule has 0 aromatic carbocycles. The van der Waals surface area contributed by atoms with Gasteiger partial charge in [0.2, 0.25) is 0 Å². The Morgan fingerprint density at radius 2 is 0.857 bits per heavy atom. The average molecular weight is 355 g/mol. The molecule has 0 aliphatic heterocycles. The van der Waals surface area contributed by atoms with Gasteiger partial charge in [-0.2, -0.15) is 0 Å². The number of hydrogen-bond acceptors (Lipinski definition) is 0. The zero-order chi connectivity index (χ0) is 11.8. The van der Waals surface area contributed by atoms with Crippen LogP contribution in [0.1, 0.15) is 26.7 Å². The van der Waals surface area contributed by atoms with Crippen LogP contribution < -0.4 is 0 Å². The highest BCUT2D eigenvalue weighted by Gasteiger charge is 2.22. The van der Waals surface area contributed by atoms with Crippen LogP contribution in [0.25, 0.3) is 0 Å². The summed E-state index contributed by atoms with van der Waals surface area (Å²) in [5.41, 5.74) is 0. The van der Waals surface area contributed by atoms with Crippen LogP contribution in [0.5, 0.6) is 0 Å². The topological polar surface area (TPSA) is 0 Å². The van der Waals surface area contributed by atoms with E-state index >= 15 is 0 Å². The zero-order valence-corrected chi connectivity index (χ0v) is 14.6. The molecule has 0 unspecified atom stereocenters. The molecule has 0 atom stereocenters. The standard InChI is InChI=1S/2C3H7Cl3Si/c2*1-2-3-7(4,5)6/h2*2-3H2,1H3. The van der Waals surface area contributed by atoms with Gasteiger partial charge in [-0.05, 0) is 12.1 Å². The molecule has 0 nitrogen and oxygen atoms in total. The number of halogens is 6. The van der Waals surface area contributed by atoms with E-state index in [2.05, 4.69) is 0 Å². The van der Waals surface area contributed by atoms with Gasteiger partial charge < -0.3 is 0 Å². The molecule has 0 fully saturated rings. The normalized spacial score (nSPS) is 12.0. The maximum absolute atomic E-state index is 5.50. The highest BCUT2D eigenvalue weighted by Crippen LogP contribution is 2.26. The highest BCUT2D eigenvalue weighted by atomic mass is 35.8. The van der Waals surface area contributed by atoms with Crippen molar-refractivity contribution in [1.82, 2.24) is 0 Å². The van der Waals surface area contributed by atoms with Crippen molar-refractivity contribution in [2.75, 3.05) is 0 Å². The van der Waals surface area contributed by atoms with Crippen molar-refractivity contribution in [3.05, 3.63) is 0 Å². The van der Waals surface area contributed by atoms with Crippen LogP contribution in [0.3, 0.4) is 0 Å². The molecule has 0 radical (unpaired) electrons. The third-order valence-corrected chi connectivity index (χ3v) is 6.60. The Labute approximate surface area is 116 Å². The minimum Gasteiger partial charge on any atom is -0.126 e. The Kier molecular flexibility index (Phi) is 12.2. The van der Waals surface area contributed by atoms with Gasteiger partial charge in [-0.15, -0.1) is 66.5 Å². The molecule has 0 saturated heterocycles. The quantitative estimate of drug-likeness (QED) is 0.422. The van der Waals surface area contributed by atoms with Crippen LogP contribution in [0.15, 0.2) is 0 Å². The second-order valence-electron chi connectivity index (χ2n) is 2.73. The van der Waals surface area contributed by atoms with Crippen LogP contribution in [-0.4, -0.2) is 12.0 Å². The molecule has 0 aromatic heterocycles. The average Bonchev–Trinajstić information content (AvgIpc) is 1.81. The minimum atomic E-state index is -2.24. The van der Waals surface area contributed by atoms with Gasteiger partial charge in [0.25, 0.3) is 0 Å². The first kappa shape index (κ1) is 18.5. The van der Waals surface area contributed by atoms with E-state index in [1.54, 1.807) is 0 Å². The van der Waals surface area contributed by atoms with E-state index in [0.717, 1.165) is 24.9 Å². The molecule has 0 heterocycles. The molecule has 0 saturated carbocycles. The molecule has 0 N–H and O–H groups in total. The van der Waals surface area contributed by atoms with Gasteiger partial charge in [0, 0.05) is 0 Å². The number of rotatable bonds is 4. The van der Waals surface area contributed by atoms with Gasteiger partial charge >= 0.3 is 12.0 Å². The molecule has 0 rings (SSSR count). The molecule has 0 spiro atoms. The van der Waals surface area contributed by atoms with Crippen LogP contribution in [-0.2, 0) is 0 Å². The van der Waals surface area contributed by atoms with Crippen LogP contribution in [0, 0.1) is 0 Å². The maximum atomic E-state index is 5.50. The molecular weight excluding hydrogens is 341 g/mol. The molecule has 0 bridgehead atoms. The molecule has 8 heteroatoms. The monoisotopic (exact) mass is 352 g/mol. The predicted octanol–water partition coefficient (Wildman–Crippen LogP) is 6.10. The largest absolute Gasteiger partial charge is 0.341 e. The van der Waals surface area contributed by atoms with Gasteiger partial charge in [0.15, 0.2) is 0 Å². The Hall–Kier alpha value is 2.17. The molecule has 0 aromatic rings. The Balaban J connectivity index is 0. The lowest BCUT2D eigenvalue weighted by molar-refractivity contribution is 1.07. The summed E-state index contributed by atoms with van der Waals surface area (Å²) in [6.07, 6.45) is 1.95. The molecule has 88 valence electrons. The fraction of sp³-hybridized carbons (Fsp3) is 1.00.